The van der Waals surface area contributed by atoms with Gasteiger partial charge in [-0.05, 0) is 32.2 Å². The molecule has 0 aromatic carbocycles. The molecule has 3 heteroatoms. The maximum atomic E-state index is 11.4. The molecule has 2 heterocycles. The molecule has 0 radical (unpaired) electrons. The highest BCUT2D eigenvalue weighted by atomic mass is 16.2. The summed E-state index contributed by atoms with van der Waals surface area (Å²) in [6.07, 6.45) is 8.57. The number of piperidine rings is 1. The highest BCUT2D eigenvalue weighted by Gasteiger charge is 2.39. The molecule has 2 fully saturated rings. The van der Waals surface area contributed by atoms with Gasteiger partial charge in [0.05, 0.1) is 0 Å². The molecule has 92 valence electrons. The summed E-state index contributed by atoms with van der Waals surface area (Å²) in [5.74, 6) is 0.476. The first kappa shape index (κ1) is 12.1. The molecule has 0 saturated carbocycles. The molecule has 0 aliphatic carbocycles. The fourth-order valence-corrected chi connectivity index (χ4v) is 3.19. The lowest BCUT2D eigenvalue weighted by Crippen LogP contribution is -2.43. The average Bonchev–Trinajstić information content (AvgIpc) is 2.51. The van der Waals surface area contributed by atoms with Crippen molar-refractivity contribution < 1.29 is 9.90 Å². The van der Waals surface area contributed by atoms with Gasteiger partial charge >= 0.3 is 0 Å². The van der Waals surface area contributed by atoms with Crippen LogP contribution in [0, 0.1) is 0 Å². The minimum atomic E-state index is 0.323. The Kier molecular flexibility index (Phi) is 4.36. The second-order valence-electron chi connectivity index (χ2n) is 5.21. The molecule has 2 aliphatic heterocycles. The Balaban J connectivity index is 1.68. The van der Waals surface area contributed by atoms with Gasteiger partial charge in [0.25, 0.3) is 0 Å². The molecule has 0 spiro atoms. The van der Waals surface area contributed by atoms with Crippen LogP contribution in [-0.2, 0) is 4.79 Å². The van der Waals surface area contributed by atoms with E-state index in [0.29, 0.717) is 24.5 Å². The van der Waals surface area contributed by atoms with E-state index in [4.69, 9.17) is 5.11 Å². The summed E-state index contributed by atoms with van der Waals surface area (Å²) in [5, 5.41) is 8.69. The number of carbonyl (C=O) groups is 1. The van der Waals surface area contributed by atoms with Crippen LogP contribution < -0.4 is 0 Å². The molecule has 2 aliphatic rings. The molecule has 0 aromatic rings. The molecule has 2 rings (SSSR count). The van der Waals surface area contributed by atoms with E-state index in [2.05, 4.69) is 4.90 Å². The molecular weight excluding hydrogens is 202 g/mol. The van der Waals surface area contributed by atoms with Crippen LogP contribution in [0.2, 0.25) is 0 Å². The number of hydrogen-bond donors (Lipinski definition) is 1. The quantitative estimate of drug-likeness (QED) is 0.700. The molecule has 2 unspecified atom stereocenters. The molecule has 2 atom stereocenters. The second kappa shape index (κ2) is 5.78. The first-order valence-electron chi connectivity index (χ1n) is 6.69. The standard InChI is InChI=1S/C13H23NO2/c15-8-4-2-1-3-7-14-11-5-6-12(14)10-13(16)9-11/h11-12,15H,1-10H2. The van der Waals surface area contributed by atoms with Crippen molar-refractivity contribution in [1.29, 1.82) is 0 Å². The Hall–Kier alpha value is -0.410. The van der Waals surface area contributed by atoms with E-state index in [1.54, 1.807) is 0 Å². The number of unbranched alkanes of at least 4 members (excludes halogenated alkanes) is 3. The lowest BCUT2D eigenvalue weighted by atomic mass is 10.0. The predicted molar refractivity (Wildman–Crippen MR) is 63.3 cm³/mol. The number of nitrogens with zero attached hydrogens (tertiary/aromatic N) is 1. The summed E-state index contributed by atoms with van der Waals surface area (Å²) in [6, 6.07) is 1.12. The number of Topliss-reactive ketones (excluding diaryl/α,β-unsaturated/α-hetero) is 1. The smallest absolute Gasteiger partial charge is 0.136 e. The van der Waals surface area contributed by atoms with Crippen LogP contribution in [0.15, 0.2) is 0 Å². The van der Waals surface area contributed by atoms with E-state index < -0.39 is 0 Å². The summed E-state index contributed by atoms with van der Waals surface area (Å²) in [5.41, 5.74) is 0. The van der Waals surface area contributed by atoms with E-state index in [1.165, 1.54) is 25.7 Å². The van der Waals surface area contributed by atoms with Crippen molar-refractivity contribution in [3.05, 3.63) is 0 Å². The highest BCUT2D eigenvalue weighted by molar-refractivity contribution is 5.80. The minimum absolute atomic E-state index is 0.323. The van der Waals surface area contributed by atoms with Crippen molar-refractivity contribution >= 4 is 5.78 Å². The van der Waals surface area contributed by atoms with Crippen LogP contribution in [0.4, 0.5) is 0 Å². The van der Waals surface area contributed by atoms with Crippen LogP contribution in [0.25, 0.3) is 0 Å². The summed E-state index contributed by atoms with van der Waals surface area (Å²) in [4.78, 5) is 14.0. The molecule has 3 nitrogen and oxygen atoms in total. The third-order valence-electron chi connectivity index (χ3n) is 4.02. The molecule has 16 heavy (non-hydrogen) atoms. The summed E-state index contributed by atoms with van der Waals surface area (Å²) in [7, 11) is 0. The van der Waals surface area contributed by atoms with Gasteiger partial charge in [-0.1, -0.05) is 12.8 Å². The van der Waals surface area contributed by atoms with Crippen molar-refractivity contribution in [2.24, 2.45) is 0 Å². The first-order chi connectivity index (χ1) is 7.81. The van der Waals surface area contributed by atoms with E-state index in [-0.39, 0.29) is 0 Å². The number of aliphatic hydroxyl groups is 1. The number of fused-ring (bicyclic) bond motifs is 2. The molecular formula is C13H23NO2. The van der Waals surface area contributed by atoms with Crippen LogP contribution >= 0.6 is 0 Å². The Morgan fingerprint density at radius 1 is 1.06 bits per heavy atom. The second-order valence-corrected chi connectivity index (χ2v) is 5.21. The summed E-state index contributed by atoms with van der Waals surface area (Å²) in [6.45, 7) is 1.48. The van der Waals surface area contributed by atoms with Crippen LogP contribution in [0.1, 0.15) is 51.4 Å². The maximum Gasteiger partial charge on any atom is 0.136 e. The monoisotopic (exact) mass is 225 g/mol. The predicted octanol–water partition coefficient (Wildman–Crippen LogP) is 1.73. The van der Waals surface area contributed by atoms with Gasteiger partial charge < -0.3 is 5.11 Å². The van der Waals surface area contributed by atoms with Gasteiger partial charge in [0, 0.05) is 31.5 Å². The van der Waals surface area contributed by atoms with Crippen molar-refractivity contribution in [3.8, 4) is 0 Å². The van der Waals surface area contributed by atoms with Gasteiger partial charge in [-0.2, -0.15) is 0 Å². The fourth-order valence-electron chi connectivity index (χ4n) is 3.19. The molecule has 0 aromatic heterocycles. The third kappa shape index (κ3) is 2.83. The summed E-state index contributed by atoms with van der Waals surface area (Å²) >= 11 is 0. The highest BCUT2D eigenvalue weighted by Crippen LogP contribution is 2.33. The maximum absolute atomic E-state index is 11.4. The topological polar surface area (TPSA) is 40.5 Å². The lowest BCUT2D eigenvalue weighted by Gasteiger charge is -2.33. The number of hydrogen-bond acceptors (Lipinski definition) is 3. The van der Waals surface area contributed by atoms with Gasteiger partial charge in [-0.15, -0.1) is 0 Å². The van der Waals surface area contributed by atoms with Crippen LogP contribution in [0.5, 0.6) is 0 Å². The normalized spacial score (nSPS) is 29.9. The molecule has 2 saturated heterocycles. The average molecular weight is 225 g/mol. The van der Waals surface area contributed by atoms with E-state index in [1.807, 2.05) is 0 Å². The SMILES string of the molecule is O=C1CC2CCC(C1)N2CCCCCCO. The lowest BCUT2D eigenvalue weighted by molar-refractivity contribution is -0.123. The van der Waals surface area contributed by atoms with Crippen molar-refractivity contribution in [2.75, 3.05) is 13.2 Å². The first-order valence-corrected chi connectivity index (χ1v) is 6.69. The molecule has 0 amide bonds. The summed E-state index contributed by atoms with van der Waals surface area (Å²) < 4.78 is 0. The molecule has 2 bridgehead atoms. The van der Waals surface area contributed by atoms with Gasteiger partial charge in [-0.25, -0.2) is 0 Å². The molecule has 1 N–H and O–H groups in total. The van der Waals surface area contributed by atoms with E-state index in [9.17, 15) is 4.79 Å². The Labute approximate surface area is 97.8 Å². The van der Waals surface area contributed by atoms with E-state index >= 15 is 0 Å². The van der Waals surface area contributed by atoms with Crippen LogP contribution in [0.3, 0.4) is 0 Å². The zero-order chi connectivity index (χ0) is 11.4. The number of aliphatic hydroxyl groups excluding tert-OH is 1. The fraction of sp³-hybridized carbons (Fsp3) is 0.923. The Morgan fingerprint density at radius 3 is 2.31 bits per heavy atom. The third-order valence-corrected chi connectivity index (χ3v) is 4.02. The van der Waals surface area contributed by atoms with Crippen molar-refractivity contribution in [2.45, 2.75) is 63.5 Å². The Morgan fingerprint density at radius 2 is 1.69 bits per heavy atom. The zero-order valence-electron chi connectivity index (χ0n) is 10.0. The van der Waals surface area contributed by atoms with Crippen LogP contribution in [-0.4, -0.2) is 41.0 Å². The van der Waals surface area contributed by atoms with Gasteiger partial charge in [0.1, 0.15) is 5.78 Å². The largest absolute Gasteiger partial charge is 0.396 e. The van der Waals surface area contributed by atoms with Gasteiger partial charge in [0.15, 0.2) is 0 Å². The number of rotatable bonds is 6. The minimum Gasteiger partial charge on any atom is -0.396 e. The number of ketones is 1. The Bertz CT molecular complexity index is 226. The van der Waals surface area contributed by atoms with Gasteiger partial charge in [0.2, 0.25) is 0 Å². The zero-order valence-corrected chi connectivity index (χ0v) is 10.0. The van der Waals surface area contributed by atoms with Crippen molar-refractivity contribution in [1.82, 2.24) is 4.90 Å². The van der Waals surface area contributed by atoms with E-state index in [0.717, 1.165) is 32.2 Å². The van der Waals surface area contributed by atoms with Crippen molar-refractivity contribution in [3.63, 3.8) is 0 Å². The van der Waals surface area contributed by atoms with Gasteiger partial charge in [-0.3, -0.25) is 9.69 Å². The number of carbonyl (C=O) groups excluding carboxylic acids is 1.